The minimum atomic E-state index is 0.385. The molecule has 0 spiro atoms. The number of unbranched alkanes of at least 4 members (excludes halogenated alkanes) is 2. The van der Waals surface area contributed by atoms with Crippen LogP contribution in [0.25, 0.3) is 12.2 Å². The number of Topliss-reactive ketones (excluding diaryl/α,β-unsaturated/α-hetero) is 1. The lowest BCUT2D eigenvalue weighted by atomic mass is 10.1. The highest BCUT2D eigenvalue weighted by molar-refractivity contribution is 5.78. The first-order chi connectivity index (χ1) is 11.8. The van der Waals surface area contributed by atoms with Crippen molar-refractivity contribution in [2.24, 2.45) is 0 Å². The maximum atomic E-state index is 11.9. The van der Waals surface area contributed by atoms with Gasteiger partial charge in [0.2, 0.25) is 0 Å². The Balaban J connectivity index is 1.52. The highest BCUT2D eigenvalue weighted by atomic mass is 16.1. The van der Waals surface area contributed by atoms with E-state index < -0.39 is 0 Å². The fourth-order valence-electron chi connectivity index (χ4n) is 2.53. The minimum Gasteiger partial charge on any atom is -0.300 e. The molecule has 0 fully saturated rings. The summed E-state index contributed by atoms with van der Waals surface area (Å²) in [5, 5.41) is 0. The molecule has 0 unspecified atom stereocenters. The molecule has 0 amide bonds. The summed E-state index contributed by atoms with van der Waals surface area (Å²) >= 11 is 0. The van der Waals surface area contributed by atoms with Crippen LogP contribution >= 0.6 is 0 Å². The van der Waals surface area contributed by atoms with Crippen molar-refractivity contribution in [1.82, 2.24) is 0 Å². The van der Waals surface area contributed by atoms with Gasteiger partial charge in [0, 0.05) is 12.8 Å². The van der Waals surface area contributed by atoms with Gasteiger partial charge in [-0.15, -0.1) is 0 Å². The smallest absolute Gasteiger partial charge is 0.132 e. The quantitative estimate of drug-likeness (QED) is 0.468. The van der Waals surface area contributed by atoms with Gasteiger partial charge in [-0.25, -0.2) is 0 Å². The number of carbonyl (C=O) groups is 1. The van der Waals surface area contributed by atoms with Crippen molar-refractivity contribution < 1.29 is 4.79 Å². The van der Waals surface area contributed by atoms with Crippen molar-refractivity contribution >= 4 is 17.9 Å². The first-order valence-corrected chi connectivity index (χ1v) is 8.79. The van der Waals surface area contributed by atoms with Crippen molar-refractivity contribution in [2.45, 2.75) is 38.5 Å². The molecule has 0 bridgehead atoms. The van der Waals surface area contributed by atoms with Crippen LogP contribution in [0.4, 0.5) is 0 Å². The van der Waals surface area contributed by atoms with Crippen LogP contribution in [-0.2, 0) is 4.79 Å². The monoisotopic (exact) mass is 318 g/mol. The highest BCUT2D eigenvalue weighted by Gasteiger charge is 2.00. The Morgan fingerprint density at radius 3 is 1.50 bits per heavy atom. The third kappa shape index (κ3) is 7.73. The predicted molar refractivity (Wildman–Crippen MR) is 104 cm³/mol. The maximum Gasteiger partial charge on any atom is 0.132 e. The number of allylic oxidation sites excluding steroid dienone is 2. The molecule has 0 heterocycles. The Bertz CT molecular complexity index is 581. The molecule has 0 saturated carbocycles. The lowest BCUT2D eigenvalue weighted by Crippen LogP contribution is -1.96. The predicted octanol–water partition coefficient (Wildman–Crippen LogP) is 6.32. The average molecular weight is 318 g/mol. The molecule has 0 atom stereocenters. The van der Waals surface area contributed by atoms with E-state index in [9.17, 15) is 4.79 Å². The lowest BCUT2D eigenvalue weighted by Gasteiger charge is -1.98. The van der Waals surface area contributed by atoms with Crippen LogP contribution in [0.5, 0.6) is 0 Å². The number of hydrogen-bond acceptors (Lipinski definition) is 1. The van der Waals surface area contributed by atoms with Crippen molar-refractivity contribution in [1.29, 1.82) is 0 Å². The molecule has 1 nitrogen and oxygen atoms in total. The second kappa shape index (κ2) is 11.2. The van der Waals surface area contributed by atoms with Gasteiger partial charge in [0.25, 0.3) is 0 Å². The second-order valence-electron chi connectivity index (χ2n) is 5.95. The number of carbonyl (C=O) groups excluding carboxylic acids is 1. The molecule has 0 aromatic heterocycles. The van der Waals surface area contributed by atoms with Crippen molar-refractivity contribution in [2.75, 3.05) is 0 Å². The molecule has 0 aliphatic heterocycles. The van der Waals surface area contributed by atoms with E-state index in [1.807, 2.05) is 36.4 Å². The molecule has 2 rings (SSSR count). The summed E-state index contributed by atoms with van der Waals surface area (Å²) in [4.78, 5) is 11.9. The maximum absolute atomic E-state index is 11.9. The molecule has 2 aromatic rings. The second-order valence-corrected chi connectivity index (χ2v) is 5.95. The van der Waals surface area contributed by atoms with E-state index in [1.165, 1.54) is 11.1 Å². The van der Waals surface area contributed by atoms with Gasteiger partial charge in [0.15, 0.2) is 0 Å². The molecular formula is C23H26O. The summed E-state index contributed by atoms with van der Waals surface area (Å²) in [6.45, 7) is 0. The molecular weight excluding hydrogens is 292 g/mol. The lowest BCUT2D eigenvalue weighted by molar-refractivity contribution is -0.119. The van der Waals surface area contributed by atoms with Gasteiger partial charge < -0.3 is 0 Å². The van der Waals surface area contributed by atoms with Crippen LogP contribution in [0.15, 0.2) is 72.8 Å². The molecule has 2 aromatic carbocycles. The Hall–Kier alpha value is -2.41. The van der Waals surface area contributed by atoms with Crippen molar-refractivity contribution in [3.05, 3.63) is 83.9 Å². The summed E-state index contributed by atoms with van der Waals surface area (Å²) in [6, 6.07) is 20.5. The van der Waals surface area contributed by atoms with Gasteiger partial charge in [0.05, 0.1) is 0 Å². The molecule has 0 saturated heterocycles. The number of ketones is 1. The molecule has 124 valence electrons. The zero-order valence-electron chi connectivity index (χ0n) is 14.2. The summed E-state index contributed by atoms with van der Waals surface area (Å²) in [6.07, 6.45) is 13.8. The first kappa shape index (κ1) is 17.9. The third-order valence-electron chi connectivity index (χ3n) is 3.87. The molecule has 0 N–H and O–H groups in total. The van der Waals surface area contributed by atoms with E-state index in [2.05, 4.69) is 48.6 Å². The van der Waals surface area contributed by atoms with Gasteiger partial charge in [0.1, 0.15) is 5.78 Å². The van der Waals surface area contributed by atoms with Gasteiger partial charge in [-0.1, -0.05) is 85.0 Å². The van der Waals surface area contributed by atoms with E-state index in [1.54, 1.807) is 0 Å². The average Bonchev–Trinajstić information content (AvgIpc) is 2.63. The first-order valence-electron chi connectivity index (χ1n) is 8.79. The number of rotatable bonds is 10. The Morgan fingerprint density at radius 1 is 0.667 bits per heavy atom. The van der Waals surface area contributed by atoms with Crippen LogP contribution in [0.3, 0.4) is 0 Å². The minimum absolute atomic E-state index is 0.385. The molecule has 0 aliphatic carbocycles. The van der Waals surface area contributed by atoms with E-state index >= 15 is 0 Å². The zero-order chi connectivity index (χ0) is 16.9. The van der Waals surface area contributed by atoms with E-state index in [-0.39, 0.29) is 0 Å². The zero-order valence-corrected chi connectivity index (χ0v) is 14.2. The molecule has 24 heavy (non-hydrogen) atoms. The molecule has 1 heteroatoms. The van der Waals surface area contributed by atoms with E-state index in [4.69, 9.17) is 0 Å². The fraction of sp³-hybridized carbons (Fsp3) is 0.261. The largest absolute Gasteiger partial charge is 0.300 e. The number of hydrogen-bond donors (Lipinski definition) is 0. The van der Waals surface area contributed by atoms with Crippen LogP contribution in [0, 0.1) is 0 Å². The van der Waals surface area contributed by atoms with Crippen LogP contribution < -0.4 is 0 Å². The van der Waals surface area contributed by atoms with Gasteiger partial charge in [-0.2, -0.15) is 0 Å². The highest BCUT2D eigenvalue weighted by Crippen LogP contribution is 2.08. The van der Waals surface area contributed by atoms with Crippen LogP contribution in [0.2, 0.25) is 0 Å². The standard InChI is InChI=1S/C23H26O/c24-23(19-11-3-9-17-21-13-5-1-6-14-21)20-12-4-10-18-22-15-7-2-8-16-22/h1-2,5-10,13-18H,3-4,11-12,19-20H2/b17-9+,18-10+. The Kier molecular flexibility index (Phi) is 8.35. The van der Waals surface area contributed by atoms with Crippen LogP contribution in [-0.4, -0.2) is 5.78 Å². The van der Waals surface area contributed by atoms with Gasteiger partial charge >= 0.3 is 0 Å². The fourth-order valence-corrected chi connectivity index (χ4v) is 2.53. The topological polar surface area (TPSA) is 17.1 Å². The van der Waals surface area contributed by atoms with Crippen LogP contribution in [0.1, 0.15) is 49.7 Å². The normalized spacial score (nSPS) is 11.3. The SMILES string of the molecule is O=C(CCC/C=C/c1ccccc1)CCC/C=C/c1ccccc1. The summed E-state index contributed by atoms with van der Waals surface area (Å²) in [5.74, 6) is 0.385. The molecule has 0 aliphatic rings. The van der Waals surface area contributed by atoms with E-state index in [0.29, 0.717) is 18.6 Å². The van der Waals surface area contributed by atoms with Gasteiger partial charge in [-0.05, 0) is 36.8 Å². The van der Waals surface area contributed by atoms with Crippen molar-refractivity contribution in [3.63, 3.8) is 0 Å². The summed E-state index contributed by atoms with van der Waals surface area (Å²) in [7, 11) is 0. The summed E-state index contributed by atoms with van der Waals surface area (Å²) < 4.78 is 0. The summed E-state index contributed by atoms with van der Waals surface area (Å²) in [5.41, 5.74) is 2.43. The molecule has 0 radical (unpaired) electrons. The number of benzene rings is 2. The van der Waals surface area contributed by atoms with E-state index in [0.717, 1.165) is 25.7 Å². The van der Waals surface area contributed by atoms with Crippen molar-refractivity contribution in [3.8, 4) is 0 Å². The third-order valence-corrected chi connectivity index (χ3v) is 3.87. The Labute approximate surface area is 145 Å². The van der Waals surface area contributed by atoms with Gasteiger partial charge in [-0.3, -0.25) is 4.79 Å². The Morgan fingerprint density at radius 2 is 1.08 bits per heavy atom.